The van der Waals surface area contributed by atoms with Crippen molar-refractivity contribution in [2.75, 3.05) is 0 Å². The van der Waals surface area contributed by atoms with Crippen LogP contribution in [0.4, 0.5) is 0 Å². The molecule has 1 aromatic heterocycles. The minimum absolute atomic E-state index is 0.244. The Morgan fingerprint density at radius 2 is 1.35 bits per heavy atom. The van der Waals surface area contributed by atoms with Gasteiger partial charge in [-0.25, -0.2) is 4.98 Å². The average Bonchev–Trinajstić information content (AvgIpc) is 2.97. The van der Waals surface area contributed by atoms with E-state index in [9.17, 15) is 0 Å². The second-order valence-electron chi connectivity index (χ2n) is 10.3. The third-order valence-electron chi connectivity index (χ3n) is 6.43. The highest BCUT2D eigenvalue weighted by atomic mass is 32.2. The summed E-state index contributed by atoms with van der Waals surface area (Å²) in [6.07, 6.45) is 1.04. The van der Waals surface area contributed by atoms with Crippen molar-refractivity contribution in [3.05, 3.63) is 103 Å². The number of aromatic nitrogens is 1. The van der Waals surface area contributed by atoms with Gasteiger partial charge in [-0.3, -0.25) is 0 Å². The Kier molecular flexibility index (Phi) is 5.08. The summed E-state index contributed by atoms with van der Waals surface area (Å²) in [5.74, 6) is 0. The molecule has 2 heterocycles. The van der Waals surface area contributed by atoms with Crippen molar-refractivity contribution in [1.29, 1.82) is 0 Å². The molecule has 0 amide bonds. The van der Waals surface area contributed by atoms with E-state index in [1.54, 1.807) is 0 Å². The number of fused-ring (bicyclic) bond motifs is 6. The van der Waals surface area contributed by atoms with E-state index < -0.39 is 0 Å². The van der Waals surface area contributed by atoms with Crippen molar-refractivity contribution in [2.45, 2.75) is 37.0 Å². The second kappa shape index (κ2) is 8.14. The topological polar surface area (TPSA) is 12.9 Å². The van der Waals surface area contributed by atoms with E-state index in [-0.39, 0.29) is 5.41 Å². The van der Waals surface area contributed by atoms with Crippen LogP contribution in [-0.2, 0) is 6.42 Å². The predicted molar refractivity (Wildman–Crippen MR) is 145 cm³/mol. The minimum atomic E-state index is 0.244. The summed E-state index contributed by atoms with van der Waals surface area (Å²) in [4.78, 5) is 7.66. The fourth-order valence-electron chi connectivity index (χ4n) is 4.94. The summed E-state index contributed by atoms with van der Waals surface area (Å²) < 4.78 is 0. The summed E-state index contributed by atoms with van der Waals surface area (Å²) in [7, 11) is 0. The Morgan fingerprint density at radius 1 is 0.647 bits per heavy atom. The van der Waals surface area contributed by atoms with Crippen molar-refractivity contribution >= 4 is 22.7 Å². The highest BCUT2D eigenvalue weighted by molar-refractivity contribution is 7.99. The molecule has 0 atom stereocenters. The summed E-state index contributed by atoms with van der Waals surface area (Å²) in [5.41, 5.74) is 10.0. The zero-order valence-corrected chi connectivity index (χ0v) is 20.6. The molecular formula is C32H27NS. The largest absolute Gasteiger partial charge is 0.248 e. The van der Waals surface area contributed by atoms with Crippen LogP contribution in [0.5, 0.6) is 0 Å². The van der Waals surface area contributed by atoms with Gasteiger partial charge in [-0.15, -0.1) is 0 Å². The number of rotatable bonds is 2. The van der Waals surface area contributed by atoms with Crippen molar-refractivity contribution in [3.63, 3.8) is 0 Å². The first-order valence-electron chi connectivity index (χ1n) is 11.9. The summed E-state index contributed by atoms with van der Waals surface area (Å²) in [6.45, 7) is 6.87. The third kappa shape index (κ3) is 3.82. The summed E-state index contributed by atoms with van der Waals surface area (Å²) in [6, 6.07) is 35.2. The molecule has 0 saturated carbocycles. The molecule has 0 saturated heterocycles. The number of benzene rings is 4. The van der Waals surface area contributed by atoms with Crippen LogP contribution in [0.25, 0.3) is 44.4 Å². The Hall–Kier alpha value is -3.36. The molecular weight excluding hydrogens is 430 g/mol. The first kappa shape index (κ1) is 21.2. The van der Waals surface area contributed by atoms with Crippen LogP contribution in [0.1, 0.15) is 26.3 Å². The van der Waals surface area contributed by atoms with Crippen LogP contribution in [-0.4, -0.2) is 4.98 Å². The monoisotopic (exact) mass is 457 g/mol. The molecule has 0 fully saturated rings. The van der Waals surface area contributed by atoms with Crippen molar-refractivity contribution < 1.29 is 0 Å². The maximum Gasteiger partial charge on any atom is 0.0712 e. The molecule has 6 rings (SSSR count). The second-order valence-corrected chi connectivity index (χ2v) is 11.4. The van der Waals surface area contributed by atoms with E-state index in [0.29, 0.717) is 0 Å². The lowest BCUT2D eigenvalue weighted by Gasteiger charge is -2.19. The van der Waals surface area contributed by atoms with Gasteiger partial charge in [0.2, 0.25) is 0 Å². The van der Waals surface area contributed by atoms with Gasteiger partial charge in [0, 0.05) is 20.7 Å². The molecule has 0 unspecified atom stereocenters. The van der Waals surface area contributed by atoms with Crippen molar-refractivity contribution in [2.24, 2.45) is 5.41 Å². The Balaban J connectivity index is 1.47. The molecule has 0 spiro atoms. The van der Waals surface area contributed by atoms with Gasteiger partial charge in [0.05, 0.1) is 11.2 Å². The Labute approximate surface area is 205 Å². The maximum absolute atomic E-state index is 5.09. The molecule has 1 aliphatic rings. The van der Waals surface area contributed by atoms with Crippen LogP contribution in [0.3, 0.4) is 0 Å². The number of hydrogen-bond donors (Lipinski definition) is 0. The summed E-state index contributed by atoms with van der Waals surface area (Å²) in [5, 5.41) is 1.26. The lowest BCUT2D eigenvalue weighted by Crippen LogP contribution is -2.09. The van der Waals surface area contributed by atoms with Gasteiger partial charge < -0.3 is 0 Å². The fraction of sp³-hybridized carbons (Fsp3) is 0.156. The SMILES string of the molecule is CC(C)(C)Cc1cccc2nc(-c3ccc4c(c3)Sc3ccccc3-c3ccccc3-4)ccc12. The number of hydrogen-bond acceptors (Lipinski definition) is 2. The zero-order valence-electron chi connectivity index (χ0n) is 19.8. The average molecular weight is 458 g/mol. The third-order valence-corrected chi connectivity index (χ3v) is 7.57. The highest BCUT2D eigenvalue weighted by Crippen LogP contribution is 2.48. The molecule has 34 heavy (non-hydrogen) atoms. The Bertz CT molecular complexity index is 1540. The van der Waals surface area contributed by atoms with Crippen LogP contribution in [0.15, 0.2) is 107 Å². The van der Waals surface area contributed by atoms with Gasteiger partial charge in [-0.1, -0.05) is 105 Å². The van der Waals surface area contributed by atoms with Gasteiger partial charge >= 0.3 is 0 Å². The number of pyridine rings is 1. The van der Waals surface area contributed by atoms with E-state index in [2.05, 4.69) is 118 Å². The molecule has 2 heteroatoms. The highest BCUT2D eigenvalue weighted by Gasteiger charge is 2.20. The van der Waals surface area contributed by atoms with E-state index in [4.69, 9.17) is 4.98 Å². The van der Waals surface area contributed by atoms with E-state index in [1.807, 2.05) is 11.8 Å². The molecule has 0 bridgehead atoms. The Morgan fingerprint density at radius 3 is 2.12 bits per heavy atom. The molecule has 5 aromatic rings. The zero-order chi connectivity index (χ0) is 23.3. The molecule has 0 radical (unpaired) electrons. The first-order chi connectivity index (χ1) is 16.5. The van der Waals surface area contributed by atoms with Gasteiger partial charge in [0.15, 0.2) is 0 Å². The van der Waals surface area contributed by atoms with Gasteiger partial charge in [-0.2, -0.15) is 0 Å². The van der Waals surface area contributed by atoms with Crippen LogP contribution < -0.4 is 0 Å². The predicted octanol–water partition coefficient (Wildman–Crippen LogP) is 9.29. The van der Waals surface area contributed by atoms with E-state index >= 15 is 0 Å². The van der Waals surface area contributed by atoms with Crippen LogP contribution in [0, 0.1) is 5.41 Å². The van der Waals surface area contributed by atoms with Gasteiger partial charge in [0.1, 0.15) is 0 Å². The minimum Gasteiger partial charge on any atom is -0.248 e. The van der Waals surface area contributed by atoms with Gasteiger partial charge in [-0.05, 0) is 63.9 Å². The first-order valence-corrected chi connectivity index (χ1v) is 12.7. The van der Waals surface area contributed by atoms with Crippen molar-refractivity contribution in [1.82, 2.24) is 4.98 Å². The van der Waals surface area contributed by atoms with E-state index in [1.165, 1.54) is 43.0 Å². The van der Waals surface area contributed by atoms with Gasteiger partial charge in [0.25, 0.3) is 0 Å². The lowest BCUT2D eigenvalue weighted by atomic mass is 9.86. The van der Waals surface area contributed by atoms with E-state index in [0.717, 1.165) is 23.2 Å². The smallest absolute Gasteiger partial charge is 0.0712 e. The molecule has 166 valence electrons. The normalized spacial score (nSPS) is 12.6. The molecule has 1 nitrogen and oxygen atoms in total. The molecule has 0 aliphatic carbocycles. The van der Waals surface area contributed by atoms with Crippen LogP contribution >= 0.6 is 11.8 Å². The standard InChI is InChI=1S/C32H27NS/c1-32(2,3)20-22-9-8-13-29-23(22)17-18-28(33-29)21-15-16-27-25-11-5-4-10-24(25)26-12-6-7-14-30(26)34-31(27)19-21/h4-19H,20H2,1-3H3. The summed E-state index contributed by atoms with van der Waals surface area (Å²) >= 11 is 1.85. The molecule has 4 aromatic carbocycles. The van der Waals surface area contributed by atoms with Crippen molar-refractivity contribution in [3.8, 4) is 33.5 Å². The number of nitrogens with zero attached hydrogens (tertiary/aromatic N) is 1. The quantitative estimate of drug-likeness (QED) is 0.257. The molecule has 1 aliphatic heterocycles. The van der Waals surface area contributed by atoms with Crippen LogP contribution in [0.2, 0.25) is 0 Å². The fourth-order valence-corrected chi connectivity index (χ4v) is 6.09. The molecule has 0 N–H and O–H groups in total. The maximum atomic E-state index is 5.09. The lowest BCUT2D eigenvalue weighted by molar-refractivity contribution is 0.412.